The molecule has 0 saturated carbocycles. The number of nitrogens with one attached hydrogen (secondary N) is 1. The fraction of sp³-hybridized carbons (Fsp3) is 0.889. The van der Waals surface area contributed by atoms with Crippen molar-refractivity contribution in [3.05, 3.63) is 0 Å². The molecule has 1 N–H and O–H groups in total. The summed E-state index contributed by atoms with van der Waals surface area (Å²) in [5.74, 6) is 0.0590. The van der Waals surface area contributed by atoms with E-state index in [-0.39, 0.29) is 11.4 Å². The number of amides is 1. The lowest BCUT2D eigenvalue weighted by Gasteiger charge is -2.24. The van der Waals surface area contributed by atoms with Gasteiger partial charge in [-0.2, -0.15) is 0 Å². The van der Waals surface area contributed by atoms with Gasteiger partial charge in [0.15, 0.2) is 0 Å². The van der Waals surface area contributed by atoms with Crippen molar-refractivity contribution in [2.45, 2.75) is 39.2 Å². The van der Waals surface area contributed by atoms with E-state index in [9.17, 15) is 4.79 Å². The standard InChI is InChI=1S/C9H19NO2/c1-5-9(2,3)10-8(11)6-7-12-4/h5-7H2,1-4H3,(H,10,11). The summed E-state index contributed by atoms with van der Waals surface area (Å²) in [6.45, 7) is 6.57. The summed E-state index contributed by atoms with van der Waals surface area (Å²) in [5.41, 5.74) is -0.0924. The van der Waals surface area contributed by atoms with Crippen LogP contribution >= 0.6 is 0 Å². The van der Waals surface area contributed by atoms with E-state index >= 15 is 0 Å². The minimum atomic E-state index is -0.0924. The van der Waals surface area contributed by atoms with E-state index in [0.717, 1.165) is 6.42 Å². The van der Waals surface area contributed by atoms with E-state index in [2.05, 4.69) is 12.2 Å². The molecule has 0 heterocycles. The van der Waals surface area contributed by atoms with Crippen LogP contribution in [0.5, 0.6) is 0 Å². The molecule has 0 aromatic heterocycles. The Morgan fingerprint density at radius 2 is 2.08 bits per heavy atom. The molecule has 0 bridgehead atoms. The van der Waals surface area contributed by atoms with Crippen molar-refractivity contribution in [3.8, 4) is 0 Å². The van der Waals surface area contributed by atoms with Crippen LogP contribution < -0.4 is 5.32 Å². The highest BCUT2D eigenvalue weighted by Gasteiger charge is 2.16. The molecular weight excluding hydrogens is 154 g/mol. The molecule has 72 valence electrons. The molecule has 3 heteroatoms. The maximum absolute atomic E-state index is 11.2. The van der Waals surface area contributed by atoms with E-state index in [4.69, 9.17) is 4.74 Å². The summed E-state index contributed by atoms with van der Waals surface area (Å²) >= 11 is 0. The van der Waals surface area contributed by atoms with Gasteiger partial charge in [-0.15, -0.1) is 0 Å². The Morgan fingerprint density at radius 1 is 1.50 bits per heavy atom. The van der Waals surface area contributed by atoms with Gasteiger partial charge in [-0.25, -0.2) is 0 Å². The maximum atomic E-state index is 11.2. The average Bonchev–Trinajstić information content (AvgIpc) is 2.00. The zero-order valence-corrected chi connectivity index (χ0v) is 8.44. The zero-order chi connectivity index (χ0) is 9.61. The monoisotopic (exact) mass is 173 g/mol. The largest absolute Gasteiger partial charge is 0.384 e. The van der Waals surface area contributed by atoms with Gasteiger partial charge >= 0.3 is 0 Å². The second kappa shape index (κ2) is 5.14. The molecule has 0 rings (SSSR count). The van der Waals surface area contributed by atoms with Gasteiger partial charge in [0, 0.05) is 19.1 Å². The van der Waals surface area contributed by atoms with Crippen molar-refractivity contribution in [2.75, 3.05) is 13.7 Å². The lowest BCUT2D eigenvalue weighted by molar-refractivity contribution is -0.123. The van der Waals surface area contributed by atoms with Crippen LogP contribution in [-0.4, -0.2) is 25.2 Å². The first-order chi connectivity index (χ1) is 5.52. The second-order valence-electron chi connectivity index (χ2n) is 3.53. The average molecular weight is 173 g/mol. The predicted molar refractivity (Wildman–Crippen MR) is 49.0 cm³/mol. The fourth-order valence-electron chi connectivity index (χ4n) is 0.723. The Morgan fingerprint density at radius 3 is 2.50 bits per heavy atom. The third-order valence-electron chi connectivity index (χ3n) is 1.89. The Labute approximate surface area is 74.5 Å². The number of ether oxygens (including phenoxy) is 1. The van der Waals surface area contributed by atoms with E-state index in [1.54, 1.807) is 7.11 Å². The minimum absolute atomic E-state index is 0.0590. The third-order valence-corrected chi connectivity index (χ3v) is 1.89. The van der Waals surface area contributed by atoms with Crippen molar-refractivity contribution >= 4 is 5.91 Å². The normalized spacial score (nSPS) is 11.3. The third kappa shape index (κ3) is 5.13. The topological polar surface area (TPSA) is 38.3 Å². The van der Waals surface area contributed by atoms with Gasteiger partial charge in [0.1, 0.15) is 0 Å². The van der Waals surface area contributed by atoms with Gasteiger partial charge in [0.05, 0.1) is 6.61 Å². The van der Waals surface area contributed by atoms with Crippen LogP contribution in [0, 0.1) is 0 Å². The summed E-state index contributed by atoms with van der Waals surface area (Å²) < 4.78 is 4.80. The smallest absolute Gasteiger partial charge is 0.222 e. The number of hydrogen-bond acceptors (Lipinski definition) is 2. The molecule has 0 spiro atoms. The second-order valence-corrected chi connectivity index (χ2v) is 3.53. The van der Waals surface area contributed by atoms with Crippen molar-refractivity contribution in [2.24, 2.45) is 0 Å². The van der Waals surface area contributed by atoms with Crippen LogP contribution in [0.4, 0.5) is 0 Å². The molecule has 0 fully saturated rings. The molecule has 0 aromatic carbocycles. The number of rotatable bonds is 5. The summed E-state index contributed by atoms with van der Waals surface area (Å²) in [7, 11) is 1.60. The summed E-state index contributed by atoms with van der Waals surface area (Å²) in [6, 6.07) is 0. The summed E-state index contributed by atoms with van der Waals surface area (Å²) in [5, 5.41) is 2.92. The van der Waals surface area contributed by atoms with Crippen LogP contribution in [0.1, 0.15) is 33.6 Å². The highest BCUT2D eigenvalue weighted by Crippen LogP contribution is 2.06. The first kappa shape index (κ1) is 11.4. The number of carbonyl (C=O) groups is 1. The first-order valence-corrected chi connectivity index (χ1v) is 4.32. The quantitative estimate of drug-likeness (QED) is 0.681. The molecule has 0 aliphatic rings. The zero-order valence-electron chi connectivity index (χ0n) is 8.44. The van der Waals surface area contributed by atoms with E-state index in [1.807, 2.05) is 13.8 Å². The first-order valence-electron chi connectivity index (χ1n) is 4.32. The number of carbonyl (C=O) groups excluding carboxylic acids is 1. The molecule has 1 amide bonds. The Hall–Kier alpha value is -0.570. The minimum Gasteiger partial charge on any atom is -0.384 e. The Balaban J connectivity index is 3.68. The predicted octanol–water partition coefficient (Wildman–Crippen LogP) is 1.33. The summed E-state index contributed by atoms with van der Waals surface area (Å²) in [6.07, 6.45) is 1.38. The van der Waals surface area contributed by atoms with E-state index in [1.165, 1.54) is 0 Å². The highest BCUT2D eigenvalue weighted by atomic mass is 16.5. The van der Waals surface area contributed by atoms with Crippen LogP contribution in [0.15, 0.2) is 0 Å². The van der Waals surface area contributed by atoms with Crippen molar-refractivity contribution in [3.63, 3.8) is 0 Å². The highest BCUT2D eigenvalue weighted by molar-refractivity contribution is 5.76. The lowest BCUT2D eigenvalue weighted by atomic mass is 10.0. The number of hydrogen-bond donors (Lipinski definition) is 1. The van der Waals surface area contributed by atoms with Crippen LogP contribution in [0.3, 0.4) is 0 Å². The van der Waals surface area contributed by atoms with E-state index < -0.39 is 0 Å². The van der Waals surface area contributed by atoms with E-state index in [0.29, 0.717) is 13.0 Å². The molecule has 12 heavy (non-hydrogen) atoms. The Bertz CT molecular complexity index is 143. The molecule has 0 aliphatic carbocycles. The van der Waals surface area contributed by atoms with Crippen molar-refractivity contribution in [1.82, 2.24) is 5.32 Å². The SMILES string of the molecule is CCC(C)(C)NC(=O)CCOC. The lowest BCUT2D eigenvalue weighted by Crippen LogP contribution is -2.43. The summed E-state index contributed by atoms with van der Waals surface area (Å²) in [4.78, 5) is 11.2. The van der Waals surface area contributed by atoms with Gasteiger partial charge in [-0.1, -0.05) is 6.92 Å². The molecule has 0 atom stereocenters. The van der Waals surface area contributed by atoms with Gasteiger partial charge in [-0.3, -0.25) is 4.79 Å². The van der Waals surface area contributed by atoms with Crippen molar-refractivity contribution in [1.29, 1.82) is 0 Å². The molecule has 0 aliphatic heterocycles. The fourth-order valence-corrected chi connectivity index (χ4v) is 0.723. The molecular formula is C9H19NO2. The molecule has 0 unspecified atom stereocenters. The van der Waals surface area contributed by atoms with Crippen LogP contribution in [-0.2, 0) is 9.53 Å². The molecule has 3 nitrogen and oxygen atoms in total. The van der Waals surface area contributed by atoms with Crippen LogP contribution in [0.25, 0.3) is 0 Å². The van der Waals surface area contributed by atoms with Gasteiger partial charge < -0.3 is 10.1 Å². The molecule has 0 radical (unpaired) electrons. The van der Waals surface area contributed by atoms with Gasteiger partial charge in [-0.05, 0) is 20.3 Å². The van der Waals surface area contributed by atoms with Gasteiger partial charge in [0.25, 0.3) is 0 Å². The van der Waals surface area contributed by atoms with Crippen LogP contribution in [0.2, 0.25) is 0 Å². The molecule has 0 aromatic rings. The Kier molecular flexibility index (Phi) is 4.90. The molecule has 0 saturated heterocycles. The maximum Gasteiger partial charge on any atom is 0.222 e. The van der Waals surface area contributed by atoms with Crippen molar-refractivity contribution < 1.29 is 9.53 Å². The van der Waals surface area contributed by atoms with Gasteiger partial charge in [0.2, 0.25) is 5.91 Å². The number of methoxy groups -OCH3 is 1.